The van der Waals surface area contributed by atoms with Crippen molar-refractivity contribution < 1.29 is 46.1 Å². The average molecular weight is 803 g/mol. The Balaban J connectivity index is 0.000000221. The number of hydrogen-bond acceptors (Lipinski definition) is 6. The van der Waals surface area contributed by atoms with Crippen molar-refractivity contribution in [1.82, 2.24) is 19.6 Å². The highest BCUT2D eigenvalue weighted by molar-refractivity contribution is 5.90. The molecule has 2 aromatic heterocycles. The molecular formula is C42H36F6N6O4. The van der Waals surface area contributed by atoms with Crippen molar-refractivity contribution in [2.75, 3.05) is 0 Å². The molecule has 2 atom stereocenters. The first-order chi connectivity index (χ1) is 27.0. The Morgan fingerprint density at radius 2 is 1.19 bits per heavy atom. The van der Waals surface area contributed by atoms with Crippen molar-refractivity contribution in [2.24, 2.45) is 0 Å². The molecule has 0 saturated carbocycles. The zero-order chi connectivity index (χ0) is 42.8. The number of alkyl halides is 6. The van der Waals surface area contributed by atoms with E-state index in [2.05, 4.69) is 19.9 Å². The molecule has 0 saturated heterocycles. The van der Waals surface area contributed by atoms with Gasteiger partial charge in [-0.15, -0.1) is 0 Å². The third-order valence-electron chi connectivity index (χ3n) is 9.55. The SMILES string of the molecule is [C-]#[N+]c1ccc(CC(=O)[C@@](C)(O)Cn2cc3c(C)cccc3n2)cc1C(F)(F)F.[C-]#[N+]c1ccc(CC(=O)[C@@](C)(O)Cn2ncc3c(C)cccc32)cc1C(F)(F)F. The van der Waals surface area contributed by atoms with Gasteiger partial charge in [0.2, 0.25) is 0 Å². The van der Waals surface area contributed by atoms with E-state index in [-0.39, 0.29) is 24.2 Å². The highest BCUT2D eigenvalue weighted by atomic mass is 19.4. The summed E-state index contributed by atoms with van der Waals surface area (Å²) >= 11 is 0. The van der Waals surface area contributed by atoms with E-state index in [1.165, 1.54) is 35.3 Å². The van der Waals surface area contributed by atoms with Crippen molar-refractivity contribution in [2.45, 2.75) is 77.2 Å². The first-order valence-corrected chi connectivity index (χ1v) is 17.5. The Morgan fingerprint density at radius 1 is 0.707 bits per heavy atom. The van der Waals surface area contributed by atoms with E-state index in [1.807, 2.05) is 50.2 Å². The summed E-state index contributed by atoms with van der Waals surface area (Å²) in [5.41, 5.74) is -3.27. The molecule has 0 aliphatic heterocycles. The van der Waals surface area contributed by atoms with Gasteiger partial charge in [-0.05, 0) is 62.1 Å². The zero-order valence-electron chi connectivity index (χ0n) is 31.6. The molecule has 0 aliphatic rings. The molecular weight excluding hydrogens is 766 g/mol. The minimum atomic E-state index is -4.70. The van der Waals surface area contributed by atoms with Gasteiger partial charge in [-0.1, -0.05) is 60.7 Å². The number of carbonyl (C=O) groups is 2. The van der Waals surface area contributed by atoms with E-state index in [0.29, 0.717) is 0 Å². The molecule has 0 bridgehead atoms. The summed E-state index contributed by atoms with van der Waals surface area (Å²) in [6, 6.07) is 17.4. The number of nitrogens with zero attached hydrogens (tertiary/aromatic N) is 6. The van der Waals surface area contributed by atoms with Crippen LogP contribution in [-0.2, 0) is 47.9 Å². The number of aryl methyl sites for hydroxylation is 2. The van der Waals surface area contributed by atoms with E-state index in [9.17, 15) is 46.1 Å². The van der Waals surface area contributed by atoms with Crippen LogP contribution in [0.15, 0.2) is 85.2 Å². The summed E-state index contributed by atoms with van der Waals surface area (Å²) in [4.78, 5) is 31.0. The molecule has 58 heavy (non-hydrogen) atoms. The zero-order valence-corrected chi connectivity index (χ0v) is 31.6. The summed E-state index contributed by atoms with van der Waals surface area (Å²) in [7, 11) is 0. The van der Waals surface area contributed by atoms with Crippen LogP contribution in [0.4, 0.5) is 37.7 Å². The Morgan fingerprint density at radius 3 is 1.67 bits per heavy atom. The molecule has 0 radical (unpaired) electrons. The van der Waals surface area contributed by atoms with Crippen molar-refractivity contribution >= 4 is 44.7 Å². The Bertz CT molecular complexity index is 2600. The van der Waals surface area contributed by atoms with Gasteiger partial charge in [-0.3, -0.25) is 19.0 Å². The van der Waals surface area contributed by atoms with Gasteiger partial charge in [0.05, 0.1) is 54.6 Å². The fourth-order valence-corrected chi connectivity index (χ4v) is 6.26. The predicted octanol–water partition coefficient (Wildman–Crippen LogP) is 8.95. The molecule has 0 spiro atoms. The number of rotatable bonds is 10. The molecule has 0 aliphatic carbocycles. The largest absolute Gasteiger partial charge is 0.407 e. The normalized spacial score (nSPS) is 13.8. The van der Waals surface area contributed by atoms with Crippen LogP contribution >= 0.6 is 0 Å². The minimum absolute atomic E-state index is 0.0798. The van der Waals surface area contributed by atoms with Crippen molar-refractivity contribution in [3.63, 3.8) is 0 Å². The van der Waals surface area contributed by atoms with Crippen molar-refractivity contribution in [1.29, 1.82) is 0 Å². The minimum Gasteiger partial charge on any atom is -0.380 e. The van der Waals surface area contributed by atoms with Gasteiger partial charge < -0.3 is 10.2 Å². The molecule has 0 fully saturated rings. The molecule has 2 heterocycles. The second-order valence-corrected chi connectivity index (χ2v) is 14.3. The van der Waals surface area contributed by atoms with Crippen LogP contribution in [-0.4, -0.2) is 52.5 Å². The van der Waals surface area contributed by atoms with E-state index in [0.717, 1.165) is 57.2 Å². The molecule has 4 aromatic carbocycles. The van der Waals surface area contributed by atoms with Crippen molar-refractivity contribution in [3.05, 3.63) is 141 Å². The second-order valence-electron chi connectivity index (χ2n) is 14.3. The van der Waals surface area contributed by atoms with Gasteiger partial charge in [-0.25, -0.2) is 9.69 Å². The number of ketones is 2. The van der Waals surface area contributed by atoms with Gasteiger partial charge in [-0.2, -0.15) is 36.5 Å². The average Bonchev–Trinajstić information content (AvgIpc) is 3.75. The summed E-state index contributed by atoms with van der Waals surface area (Å²) < 4.78 is 81.7. The maximum atomic E-state index is 13.1. The monoisotopic (exact) mass is 802 g/mol. The molecule has 0 unspecified atom stereocenters. The fourth-order valence-electron chi connectivity index (χ4n) is 6.26. The van der Waals surface area contributed by atoms with Gasteiger partial charge in [0.25, 0.3) is 0 Å². The topological polar surface area (TPSA) is 119 Å². The van der Waals surface area contributed by atoms with Crippen LogP contribution in [0.3, 0.4) is 0 Å². The summed E-state index contributed by atoms with van der Waals surface area (Å²) in [6.45, 7) is 19.9. The molecule has 6 aromatic rings. The third-order valence-corrected chi connectivity index (χ3v) is 9.55. The number of Topliss-reactive ketones (excluding diaryl/α,β-unsaturated/α-hetero) is 2. The Hall–Kier alpha value is -6.36. The lowest BCUT2D eigenvalue weighted by Gasteiger charge is -2.22. The maximum Gasteiger partial charge on any atom is 0.407 e. The Kier molecular flexibility index (Phi) is 12.0. The highest BCUT2D eigenvalue weighted by Gasteiger charge is 2.37. The summed E-state index contributed by atoms with van der Waals surface area (Å²) in [5, 5.41) is 31.7. The fraction of sp³-hybridized carbons (Fsp3) is 0.286. The number of aliphatic hydroxyl groups is 2. The molecule has 6 rings (SSSR count). The number of halogens is 6. The van der Waals surface area contributed by atoms with Gasteiger partial charge in [0, 0.05) is 29.8 Å². The van der Waals surface area contributed by atoms with Crippen LogP contribution in [0.1, 0.15) is 47.2 Å². The number of benzene rings is 4. The van der Waals surface area contributed by atoms with Crippen LogP contribution in [0.25, 0.3) is 31.5 Å². The lowest BCUT2D eigenvalue weighted by Crippen LogP contribution is -2.41. The maximum absolute atomic E-state index is 13.1. The first-order valence-electron chi connectivity index (χ1n) is 17.5. The summed E-state index contributed by atoms with van der Waals surface area (Å²) in [6.07, 6.45) is -6.83. The van der Waals surface area contributed by atoms with E-state index < -0.39 is 70.5 Å². The molecule has 16 heteroatoms. The van der Waals surface area contributed by atoms with Crippen LogP contribution < -0.4 is 0 Å². The number of carbonyl (C=O) groups excluding carboxylic acids is 2. The molecule has 0 amide bonds. The molecule has 2 N–H and O–H groups in total. The smallest absolute Gasteiger partial charge is 0.380 e. The van der Waals surface area contributed by atoms with Crippen LogP contribution in [0.2, 0.25) is 0 Å². The Labute approximate surface area is 328 Å². The van der Waals surface area contributed by atoms with Gasteiger partial charge >= 0.3 is 12.4 Å². The summed E-state index contributed by atoms with van der Waals surface area (Å²) in [5.74, 6) is -1.28. The lowest BCUT2D eigenvalue weighted by atomic mass is 9.94. The van der Waals surface area contributed by atoms with Gasteiger partial charge in [0.1, 0.15) is 11.2 Å². The first kappa shape index (κ1) is 42.8. The van der Waals surface area contributed by atoms with E-state index >= 15 is 0 Å². The van der Waals surface area contributed by atoms with E-state index in [4.69, 9.17) is 13.1 Å². The quantitative estimate of drug-likeness (QED) is 0.106. The molecule has 10 nitrogen and oxygen atoms in total. The van der Waals surface area contributed by atoms with Crippen LogP contribution in [0.5, 0.6) is 0 Å². The van der Waals surface area contributed by atoms with E-state index in [1.54, 1.807) is 12.4 Å². The van der Waals surface area contributed by atoms with Gasteiger partial charge in [0.15, 0.2) is 22.9 Å². The number of fused-ring (bicyclic) bond motifs is 2. The number of aromatic nitrogens is 4. The standard InChI is InChI=1S/2C21H18F3N3O2/c1-13-5-4-6-18-15(13)11-26-27(18)12-20(2,29)19(28)10-14-7-8-17(25-3)16(9-14)21(22,23)24;1-13-5-4-6-17-15(13)11-27(26-17)12-20(2,29)19(28)10-14-7-8-18(25-3)16(9-14)21(22,23)24/h2*4-9,11,29H,10,12H2,1-2H3/t2*20-/m00/s1. The molecule has 300 valence electrons. The predicted molar refractivity (Wildman–Crippen MR) is 203 cm³/mol. The highest BCUT2D eigenvalue weighted by Crippen LogP contribution is 2.38. The number of hydrogen-bond donors (Lipinski definition) is 2. The second kappa shape index (κ2) is 16.2. The van der Waals surface area contributed by atoms with Crippen molar-refractivity contribution in [3.8, 4) is 0 Å². The van der Waals surface area contributed by atoms with Crippen LogP contribution in [0, 0.1) is 27.0 Å². The third kappa shape index (κ3) is 9.59. The lowest BCUT2D eigenvalue weighted by molar-refractivity contribution is -0.138.